The Bertz CT molecular complexity index is 1390. The van der Waals surface area contributed by atoms with Gasteiger partial charge in [-0.05, 0) is 43.3 Å². The molecule has 3 aromatic carbocycles. The summed E-state index contributed by atoms with van der Waals surface area (Å²) < 4.78 is 2.07. The van der Waals surface area contributed by atoms with E-state index in [0.29, 0.717) is 10.9 Å². The van der Waals surface area contributed by atoms with E-state index in [2.05, 4.69) is 43.3 Å². The second kappa shape index (κ2) is 7.61. The summed E-state index contributed by atoms with van der Waals surface area (Å²) >= 11 is 6.05. The Kier molecular flexibility index (Phi) is 4.65. The highest BCUT2D eigenvalue weighted by Crippen LogP contribution is 2.28. The first kappa shape index (κ1) is 18.3. The minimum absolute atomic E-state index is 0.662. The van der Waals surface area contributed by atoms with Gasteiger partial charge in [0.25, 0.3) is 0 Å². The molecule has 0 bridgehead atoms. The lowest BCUT2D eigenvalue weighted by Gasteiger charge is -2.10. The van der Waals surface area contributed by atoms with Crippen molar-refractivity contribution < 1.29 is 0 Å². The van der Waals surface area contributed by atoms with Gasteiger partial charge in [0, 0.05) is 27.2 Å². The number of hydrogen-bond acceptors (Lipinski definition) is 4. The van der Waals surface area contributed by atoms with E-state index in [1.165, 1.54) is 0 Å². The van der Waals surface area contributed by atoms with Crippen LogP contribution in [0.4, 0.5) is 11.5 Å². The van der Waals surface area contributed by atoms with Gasteiger partial charge in [-0.25, -0.2) is 4.98 Å². The van der Waals surface area contributed by atoms with Crippen LogP contribution in [0.25, 0.3) is 33.6 Å². The van der Waals surface area contributed by atoms with Crippen molar-refractivity contribution in [3.63, 3.8) is 0 Å². The standard InChI is InChI=1S/C24H18ClN5/c1-16(25)13-21-19-9-5-6-10-20(19)24(29-28-21)27-17-11-12-23-22(14-17)26-15-30(23)18-7-3-2-4-8-18/h2-15H,1H3,(H,27,29)/b16-13+. The third kappa shape index (κ3) is 3.40. The highest BCUT2D eigenvalue weighted by atomic mass is 35.5. The number of aromatic nitrogens is 4. The van der Waals surface area contributed by atoms with Gasteiger partial charge in [0.2, 0.25) is 0 Å². The van der Waals surface area contributed by atoms with Gasteiger partial charge < -0.3 is 5.32 Å². The summed E-state index contributed by atoms with van der Waals surface area (Å²) in [6, 6.07) is 24.3. The Hall–Kier alpha value is -3.70. The lowest BCUT2D eigenvalue weighted by Crippen LogP contribution is -1.99. The van der Waals surface area contributed by atoms with Crippen molar-refractivity contribution >= 4 is 51.0 Å². The summed E-state index contributed by atoms with van der Waals surface area (Å²) in [7, 11) is 0. The Balaban J connectivity index is 1.53. The Morgan fingerprint density at radius 3 is 2.50 bits per heavy atom. The molecule has 5 nitrogen and oxygen atoms in total. The molecule has 0 amide bonds. The number of nitrogens with one attached hydrogen (secondary N) is 1. The van der Waals surface area contributed by atoms with Crippen molar-refractivity contribution in [3.05, 3.63) is 89.8 Å². The Morgan fingerprint density at radius 1 is 0.933 bits per heavy atom. The molecule has 5 aromatic rings. The number of fused-ring (bicyclic) bond motifs is 2. The molecule has 0 aliphatic rings. The van der Waals surface area contributed by atoms with Crippen LogP contribution in [0.2, 0.25) is 0 Å². The van der Waals surface area contributed by atoms with Gasteiger partial charge in [-0.3, -0.25) is 4.57 Å². The number of nitrogens with zero attached hydrogens (tertiary/aromatic N) is 4. The van der Waals surface area contributed by atoms with Crippen molar-refractivity contribution in [2.24, 2.45) is 0 Å². The predicted octanol–water partition coefficient (Wildman–Crippen LogP) is 6.31. The topological polar surface area (TPSA) is 55.6 Å². The zero-order chi connectivity index (χ0) is 20.5. The molecule has 0 atom stereocenters. The lowest BCUT2D eigenvalue weighted by molar-refractivity contribution is 1.04. The Morgan fingerprint density at radius 2 is 1.70 bits per heavy atom. The largest absolute Gasteiger partial charge is 0.338 e. The number of imidazole rings is 1. The van der Waals surface area contributed by atoms with E-state index < -0.39 is 0 Å². The summed E-state index contributed by atoms with van der Waals surface area (Å²) in [5.41, 5.74) is 4.67. The van der Waals surface area contributed by atoms with Crippen molar-refractivity contribution in [2.75, 3.05) is 5.32 Å². The van der Waals surface area contributed by atoms with E-state index in [-0.39, 0.29) is 0 Å². The molecule has 0 unspecified atom stereocenters. The van der Waals surface area contributed by atoms with Gasteiger partial charge in [0.15, 0.2) is 5.82 Å². The van der Waals surface area contributed by atoms with E-state index in [9.17, 15) is 0 Å². The molecule has 0 aliphatic heterocycles. The van der Waals surface area contributed by atoms with E-state index in [1.54, 1.807) is 0 Å². The molecular formula is C24H18ClN5. The first-order valence-electron chi connectivity index (χ1n) is 9.58. The normalized spacial score (nSPS) is 11.9. The van der Waals surface area contributed by atoms with Crippen LogP contribution in [-0.4, -0.2) is 19.7 Å². The average Bonchev–Trinajstić information content (AvgIpc) is 3.19. The van der Waals surface area contributed by atoms with Crippen LogP contribution in [0.3, 0.4) is 0 Å². The van der Waals surface area contributed by atoms with Crippen molar-refractivity contribution in [1.29, 1.82) is 0 Å². The zero-order valence-corrected chi connectivity index (χ0v) is 17.0. The second-order valence-electron chi connectivity index (χ2n) is 6.99. The lowest BCUT2D eigenvalue weighted by atomic mass is 10.1. The number of anilines is 2. The van der Waals surface area contributed by atoms with Crippen LogP contribution < -0.4 is 5.32 Å². The number of hydrogen-bond donors (Lipinski definition) is 1. The first-order chi connectivity index (χ1) is 14.7. The highest BCUT2D eigenvalue weighted by molar-refractivity contribution is 6.31. The van der Waals surface area contributed by atoms with Gasteiger partial charge in [-0.2, -0.15) is 0 Å². The van der Waals surface area contributed by atoms with Crippen LogP contribution in [0.1, 0.15) is 12.6 Å². The van der Waals surface area contributed by atoms with Crippen LogP contribution in [0.5, 0.6) is 0 Å². The monoisotopic (exact) mass is 411 g/mol. The number of para-hydroxylation sites is 1. The third-order valence-electron chi connectivity index (χ3n) is 4.90. The molecule has 0 fully saturated rings. The van der Waals surface area contributed by atoms with Crippen molar-refractivity contribution in [1.82, 2.24) is 19.7 Å². The van der Waals surface area contributed by atoms with E-state index in [1.807, 2.05) is 73.9 Å². The number of benzene rings is 3. The molecule has 2 heterocycles. The molecule has 2 aromatic heterocycles. The fraction of sp³-hybridized carbons (Fsp3) is 0.0417. The maximum atomic E-state index is 6.05. The fourth-order valence-corrected chi connectivity index (χ4v) is 3.64. The summed E-state index contributed by atoms with van der Waals surface area (Å²) in [6.07, 6.45) is 3.66. The predicted molar refractivity (Wildman–Crippen MR) is 123 cm³/mol. The van der Waals surface area contributed by atoms with Gasteiger partial charge in [-0.15, -0.1) is 10.2 Å². The molecule has 0 aliphatic carbocycles. The molecule has 0 radical (unpaired) electrons. The maximum Gasteiger partial charge on any atom is 0.161 e. The summed E-state index contributed by atoms with van der Waals surface area (Å²) in [4.78, 5) is 4.57. The molecule has 146 valence electrons. The van der Waals surface area contributed by atoms with Crippen LogP contribution in [0.15, 0.2) is 84.2 Å². The molecule has 1 N–H and O–H groups in total. The quantitative estimate of drug-likeness (QED) is 0.376. The fourth-order valence-electron chi connectivity index (χ4n) is 3.53. The minimum atomic E-state index is 0.662. The van der Waals surface area contributed by atoms with E-state index in [4.69, 9.17) is 11.6 Å². The highest BCUT2D eigenvalue weighted by Gasteiger charge is 2.10. The molecule has 5 rings (SSSR count). The molecule has 6 heteroatoms. The second-order valence-corrected chi connectivity index (χ2v) is 7.59. The van der Waals surface area contributed by atoms with Crippen LogP contribution >= 0.6 is 11.6 Å². The van der Waals surface area contributed by atoms with Gasteiger partial charge in [0.1, 0.15) is 6.33 Å². The summed E-state index contributed by atoms with van der Waals surface area (Å²) in [6.45, 7) is 1.83. The summed E-state index contributed by atoms with van der Waals surface area (Å²) in [5.74, 6) is 0.691. The van der Waals surface area contributed by atoms with Crippen LogP contribution in [-0.2, 0) is 0 Å². The van der Waals surface area contributed by atoms with Crippen LogP contribution in [0, 0.1) is 0 Å². The van der Waals surface area contributed by atoms with Crippen molar-refractivity contribution in [2.45, 2.75) is 6.92 Å². The number of allylic oxidation sites excluding steroid dienone is 1. The summed E-state index contributed by atoms with van der Waals surface area (Å²) in [5, 5.41) is 14.8. The molecule has 0 spiro atoms. The zero-order valence-electron chi connectivity index (χ0n) is 16.2. The van der Waals surface area contributed by atoms with Gasteiger partial charge in [0.05, 0.1) is 16.7 Å². The maximum absolute atomic E-state index is 6.05. The Labute approximate surface area is 178 Å². The molecule has 0 saturated heterocycles. The third-order valence-corrected chi connectivity index (χ3v) is 5.00. The average molecular weight is 412 g/mol. The molecule has 30 heavy (non-hydrogen) atoms. The number of halogens is 1. The van der Waals surface area contributed by atoms with Crippen molar-refractivity contribution in [3.8, 4) is 5.69 Å². The SMILES string of the molecule is C/C(Cl)=C\c1nnc(Nc2ccc3c(c2)ncn3-c2ccccc2)c2ccccc12. The van der Waals surface area contributed by atoms with Gasteiger partial charge >= 0.3 is 0 Å². The van der Waals surface area contributed by atoms with Gasteiger partial charge in [-0.1, -0.05) is 54.1 Å². The van der Waals surface area contributed by atoms with E-state index >= 15 is 0 Å². The van der Waals surface area contributed by atoms with E-state index in [0.717, 1.165) is 38.9 Å². The molecule has 0 saturated carbocycles. The smallest absolute Gasteiger partial charge is 0.161 e. The molecular weight excluding hydrogens is 394 g/mol. The minimum Gasteiger partial charge on any atom is -0.338 e. The first-order valence-corrected chi connectivity index (χ1v) is 9.95. The number of rotatable bonds is 4.